The zero-order valence-corrected chi connectivity index (χ0v) is 11.6. The summed E-state index contributed by atoms with van der Waals surface area (Å²) in [4.78, 5) is 23.4. The van der Waals surface area contributed by atoms with Crippen LogP contribution in [0.25, 0.3) is 0 Å². The van der Waals surface area contributed by atoms with Crippen molar-refractivity contribution in [1.29, 1.82) is 0 Å². The van der Waals surface area contributed by atoms with Gasteiger partial charge < -0.3 is 13.9 Å². The second kappa shape index (κ2) is 6.26. The van der Waals surface area contributed by atoms with Gasteiger partial charge in [-0.3, -0.25) is 4.57 Å². The first-order chi connectivity index (χ1) is 8.50. The van der Waals surface area contributed by atoms with Gasteiger partial charge in [0.2, 0.25) is 0 Å². The third-order valence-electron chi connectivity index (χ3n) is 2.64. The van der Waals surface area contributed by atoms with Crippen LogP contribution in [0.2, 0.25) is 0 Å². The Bertz CT molecular complexity index is 354. The molecule has 0 saturated carbocycles. The minimum atomic E-state index is -3.40. The van der Waals surface area contributed by atoms with E-state index in [2.05, 4.69) is 5.29 Å². The van der Waals surface area contributed by atoms with E-state index in [1.165, 1.54) is 4.90 Å². The maximum atomic E-state index is 12.5. The molecule has 1 aliphatic rings. The summed E-state index contributed by atoms with van der Waals surface area (Å²) in [5.74, 6) is -0.739. The van der Waals surface area contributed by atoms with Gasteiger partial charge in [0.25, 0.3) is 0 Å². The molecule has 8 nitrogen and oxygen atoms in total. The van der Waals surface area contributed by atoms with Gasteiger partial charge in [0, 0.05) is 6.54 Å². The van der Waals surface area contributed by atoms with Crippen LogP contribution < -0.4 is 0 Å². The van der Waals surface area contributed by atoms with Gasteiger partial charge in [-0.25, -0.2) is 4.79 Å². The summed E-state index contributed by atoms with van der Waals surface area (Å²) in [5.41, 5.74) is 0. The van der Waals surface area contributed by atoms with Gasteiger partial charge in [-0.05, 0) is 20.8 Å². The lowest BCUT2D eigenvalue weighted by molar-refractivity contribution is 0.167. The zero-order chi connectivity index (χ0) is 13.8. The molecule has 18 heavy (non-hydrogen) atoms. The molecule has 2 amide bonds. The molecule has 1 atom stereocenters. The average molecular weight is 279 g/mol. The molecular formula is C9H18N3O5P. The van der Waals surface area contributed by atoms with E-state index in [9.17, 15) is 14.3 Å². The summed E-state index contributed by atoms with van der Waals surface area (Å²) in [6.45, 7) is 5.88. The molecule has 1 aliphatic heterocycles. The molecule has 1 rings (SSSR count). The normalized spacial score (nSPS) is 18.3. The highest BCUT2D eigenvalue weighted by Gasteiger charge is 2.43. The van der Waals surface area contributed by atoms with Crippen LogP contribution in [-0.4, -0.2) is 48.0 Å². The molecule has 1 heterocycles. The SMILES string of the molecule is CCOP(=O)(OCC)C(C)N1CCN(N=O)C1=O. The van der Waals surface area contributed by atoms with Crippen molar-refractivity contribution in [2.45, 2.75) is 26.6 Å². The van der Waals surface area contributed by atoms with E-state index in [1.54, 1.807) is 20.8 Å². The molecule has 0 spiro atoms. The zero-order valence-electron chi connectivity index (χ0n) is 10.7. The van der Waals surface area contributed by atoms with Crippen LogP contribution in [0, 0.1) is 4.91 Å². The van der Waals surface area contributed by atoms with E-state index >= 15 is 0 Å². The highest BCUT2D eigenvalue weighted by molar-refractivity contribution is 7.54. The highest BCUT2D eigenvalue weighted by Crippen LogP contribution is 2.54. The molecule has 0 radical (unpaired) electrons. The lowest BCUT2D eigenvalue weighted by atomic mass is 10.6. The number of rotatable bonds is 7. The molecule has 1 fully saturated rings. The maximum absolute atomic E-state index is 12.5. The van der Waals surface area contributed by atoms with Crippen molar-refractivity contribution >= 4 is 13.6 Å². The van der Waals surface area contributed by atoms with Gasteiger partial charge in [-0.1, -0.05) is 0 Å². The minimum absolute atomic E-state index is 0.185. The van der Waals surface area contributed by atoms with Gasteiger partial charge in [0.15, 0.2) is 0 Å². The van der Waals surface area contributed by atoms with Crippen LogP contribution in [0.1, 0.15) is 20.8 Å². The van der Waals surface area contributed by atoms with Crippen LogP contribution in [0.5, 0.6) is 0 Å². The molecule has 0 aromatic rings. The Kier molecular flexibility index (Phi) is 5.25. The lowest BCUT2D eigenvalue weighted by Gasteiger charge is -2.29. The highest BCUT2D eigenvalue weighted by atomic mass is 31.2. The number of nitrogens with zero attached hydrogens (tertiary/aromatic N) is 3. The third kappa shape index (κ3) is 2.88. The van der Waals surface area contributed by atoms with E-state index in [-0.39, 0.29) is 26.3 Å². The Morgan fingerprint density at radius 3 is 2.28 bits per heavy atom. The molecule has 0 aromatic carbocycles. The molecule has 104 valence electrons. The number of amides is 2. The van der Waals surface area contributed by atoms with E-state index < -0.39 is 19.4 Å². The number of carbonyl (C=O) groups excluding carboxylic acids is 1. The van der Waals surface area contributed by atoms with Crippen LogP contribution in [-0.2, 0) is 13.6 Å². The number of urea groups is 1. The van der Waals surface area contributed by atoms with Crippen LogP contribution in [0.15, 0.2) is 5.29 Å². The Morgan fingerprint density at radius 1 is 1.33 bits per heavy atom. The van der Waals surface area contributed by atoms with Crippen molar-refractivity contribution in [3.8, 4) is 0 Å². The number of carbonyl (C=O) groups is 1. The molecule has 0 aromatic heterocycles. The van der Waals surface area contributed by atoms with E-state index in [4.69, 9.17) is 9.05 Å². The Morgan fingerprint density at radius 2 is 1.89 bits per heavy atom. The van der Waals surface area contributed by atoms with Gasteiger partial charge in [-0.2, -0.15) is 5.01 Å². The number of hydrogen-bond donors (Lipinski definition) is 0. The fourth-order valence-electron chi connectivity index (χ4n) is 1.75. The Balaban J connectivity index is 2.84. The second-order valence-corrected chi connectivity index (χ2v) is 6.03. The lowest BCUT2D eigenvalue weighted by Crippen LogP contribution is -2.37. The van der Waals surface area contributed by atoms with Crippen molar-refractivity contribution < 1.29 is 18.4 Å². The van der Waals surface area contributed by atoms with Gasteiger partial charge in [0.05, 0.1) is 25.0 Å². The summed E-state index contributed by atoms with van der Waals surface area (Å²) in [6.07, 6.45) is 0. The fourth-order valence-corrected chi connectivity index (χ4v) is 3.53. The second-order valence-electron chi connectivity index (χ2n) is 3.69. The summed E-state index contributed by atoms with van der Waals surface area (Å²) >= 11 is 0. The molecule has 9 heteroatoms. The summed E-state index contributed by atoms with van der Waals surface area (Å²) in [5, 5.41) is 3.39. The van der Waals surface area contributed by atoms with E-state index in [1.807, 2.05) is 0 Å². The van der Waals surface area contributed by atoms with Crippen molar-refractivity contribution in [2.75, 3.05) is 26.3 Å². The standard InChI is InChI=1S/C9H18N3O5P/c1-4-16-18(15,17-5-2)8(3)11-6-7-12(10-14)9(11)13/h8H,4-7H2,1-3H3. The smallest absolute Gasteiger partial charge is 0.307 e. The van der Waals surface area contributed by atoms with Gasteiger partial charge in [-0.15, -0.1) is 4.91 Å². The van der Waals surface area contributed by atoms with Crippen LogP contribution in [0.4, 0.5) is 4.79 Å². The summed E-state index contributed by atoms with van der Waals surface area (Å²) < 4.78 is 22.8. The number of hydrogen-bond acceptors (Lipinski definition) is 6. The maximum Gasteiger partial charge on any atom is 0.352 e. The predicted octanol–water partition coefficient (Wildman–Crippen LogP) is 2.02. The van der Waals surface area contributed by atoms with Crippen LogP contribution >= 0.6 is 7.60 Å². The third-order valence-corrected chi connectivity index (χ3v) is 5.07. The first-order valence-corrected chi connectivity index (χ1v) is 7.41. The molecule has 0 N–H and O–H groups in total. The van der Waals surface area contributed by atoms with E-state index in [0.29, 0.717) is 0 Å². The first kappa shape index (κ1) is 15.1. The minimum Gasteiger partial charge on any atom is -0.307 e. The van der Waals surface area contributed by atoms with Crippen molar-refractivity contribution in [3.63, 3.8) is 0 Å². The van der Waals surface area contributed by atoms with Crippen molar-refractivity contribution in [2.24, 2.45) is 5.29 Å². The summed E-state index contributed by atoms with van der Waals surface area (Å²) in [7, 11) is -3.40. The first-order valence-electron chi connectivity index (χ1n) is 5.80. The Labute approximate surface area is 106 Å². The quantitative estimate of drug-likeness (QED) is 0.525. The molecular weight excluding hydrogens is 261 g/mol. The summed E-state index contributed by atoms with van der Waals surface area (Å²) in [6, 6.07) is -0.572. The van der Waals surface area contributed by atoms with Crippen LogP contribution in [0.3, 0.4) is 0 Å². The molecule has 1 unspecified atom stereocenters. The molecule has 1 saturated heterocycles. The molecule has 0 aliphatic carbocycles. The average Bonchev–Trinajstić information content (AvgIpc) is 2.70. The topological polar surface area (TPSA) is 88.5 Å². The monoisotopic (exact) mass is 279 g/mol. The van der Waals surface area contributed by atoms with Gasteiger partial charge in [0.1, 0.15) is 5.78 Å². The number of nitroso groups, excluding NO2 is 1. The van der Waals surface area contributed by atoms with Gasteiger partial charge >= 0.3 is 13.6 Å². The largest absolute Gasteiger partial charge is 0.352 e. The van der Waals surface area contributed by atoms with E-state index in [0.717, 1.165) is 5.01 Å². The predicted molar refractivity (Wildman–Crippen MR) is 64.9 cm³/mol. The Hall–Kier alpha value is -0.980. The van der Waals surface area contributed by atoms with Crippen molar-refractivity contribution in [1.82, 2.24) is 9.91 Å². The molecule has 0 bridgehead atoms. The van der Waals surface area contributed by atoms with Crippen molar-refractivity contribution in [3.05, 3.63) is 4.91 Å². The fraction of sp³-hybridized carbons (Fsp3) is 0.889.